The third-order valence-corrected chi connectivity index (χ3v) is 5.18. The second-order valence-corrected chi connectivity index (χ2v) is 7.10. The summed E-state index contributed by atoms with van der Waals surface area (Å²) in [4.78, 5) is 25.2. The topological polar surface area (TPSA) is 81.8 Å². The van der Waals surface area contributed by atoms with Gasteiger partial charge in [-0.1, -0.05) is 52.3 Å². The van der Waals surface area contributed by atoms with Gasteiger partial charge in [-0.05, 0) is 17.7 Å². The number of halogens is 1. The van der Waals surface area contributed by atoms with E-state index in [0.29, 0.717) is 23.1 Å². The van der Waals surface area contributed by atoms with Crippen LogP contribution in [0.1, 0.15) is 16.1 Å². The maximum absolute atomic E-state index is 12.9. The lowest BCUT2D eigenvalue weighted by atomic mass is 10.1. The third kappa shape index (κ3) is 3.34. The minimum absolute atomic E-state index is 0.186. The molecular weight excluding hydrogens is 422 g/mol. The molecule has 7 nitrogen and oxygen atoms in total. The van der Waals surface area contributed by atoms with E-state index in [0.717, 1.165) is 10.0 Å². The summed E-state index contributed by atoms with van der Waals surface area (Å²) in [6.45, 7) is 0.492. The van der Waals surface area contributed by atoms with Crippen molar-refractivity contribution >= 4 is 38.4 Å². The van der Waals surface area contributed by atoms with E-state index < -0.39 is 5.91 Å². The summed E-state index contributed by atoms with van der Waals surface area (Å²) in [5.74, 6) is 0.140. The van der Waals surface area contributed by atoms with Crippen molar-refractivity contribution in [2.75, 3.05) is 5.32 Å². The van der Waals surface area contributed by atoms with Crippen LogP contribution in [0.2, 0.25) is 0 Å². The molecule has 0 aliphatic rings. The Hall–Kier alpha value is -3.26. The van der Waals surface area contributed by atoms with Crippen molar-refractivity contribution in [3.8, 4) is 0 Å². The molecule has 0 spiro atoms. The average molecular weight is 438 g/mol. The molecular formula is C20H16BrN5O2. The van der Waals surface area contributed by atoms with Crippen LogP contribution in [-0.4, -0.2) is 25.5 Å². The average Bonchev–Trinajstić information content (AvgIpc) is 3.13. The van der Waals surface area contributed by atoms with E-state index in [-0.39, 0.29) is 11.3 Å². The molecule has 0 fully saturated rings. The highest BCUT2D eigenvalue weighted by molar-refractivity contribution is 9.10. The van der Waals surface area contributed by atoms with Gasteiger partial charge < -0.3 is 5.32 Å². The van der Waals surface area contributed by atoms with Crippen LogP contribution < -0.4 is 10.9 Å². The molecule has 140 valence electrons. The third-order valence-electron chi connectivity index (χ3n) is 4.41. The summed E-state index contributed by atoms with van der Waals surface area (Å²) in [5, 5.41) is 12.3. The van der Waals surface area contributed by atoms with Gasteiger partial charge in [-0.3, -0.25) is 9.59 Å². The number of aryl methyl sites for hydroxylation is 1. The number of carbonyl (C=O) groups excluding carboxylic acids is 1. The van der Waals surface area contributed by atoms with Crippen LogP contribution in [0, 0.1) is 0 Å². The highest BCUT2D eigenvalue weighted by Crippen LogP contribution is 2.20. The molecule has 1 N–H and O–H groups in total. The van der Waals surface area contributed by atoms with Gasteiger partial charge >= 0.3 is 0 Å². The van der Waals surface area contributed by atoms with E-state index in [4.69, 9.17) is 0 Å². The molecule has 0 bridgehead atoms. The highest BCUT2D eigenvalue weighted by atomic mass is 79.9. The van der Waals surface area contributed by atoms with Gasteiger partial charge in [0.2, 0.25) is 0 Å². The first-order valence-corrected chi connectivity index (χ1v) is 9.36. The van der Waals surface area contributed by atoms with Gasteiger partial charge in [-0.25, -0.2) is 9.36 Å². The Morgan fingerprint density at radius 3 is 2.57 bits per heavy atom. The number of fused-ring (bicyclic) bond motifs is 1. The van der Waals surface area contributed by atoms with Crippen LogP contribution in [0.3, 0.4) is 0 Å². The molecule has 0 radical (unpaired) electrons. The Morgan fingerprint density at radius 2 is 1.79 bits per heavy atom. The van der Waals surface area contributed by atoms with Gasteiger partial charge in [0.25, 0.3) is 11.5 Å². The number of rotatable bonds is 4. The molecule has 0 saturated carbocycles. The second-order valence-electron chi connectivity index (χ2n) is 6.24. The van der Waals surface area contributed by atoms with Crippen molar-refractivity contribution in [1.29, 1.82) is 0 Å². The maximum atomic E-state index is 12.9. The van der Waals surface area contributed by atoms with Gasteiger partial charge in [-0.2, -0.15) is 10.2 Å². The molecule has 0 unspecified atom stereocenters. The Bertz CT molecular complexity index is 1240. The minimum atomic E-state index is -0.402. The van der Waals surface area contributed by atoms with E-state index in [2.05, 4.69) is 31.4 Å². The predicted molar refractivity (Wildman–Crippen MR) is 110 cm³/mol. The molecule has 0 aliphatic heterocycles. The van der Waals surface area contributed by atoms with E-state index in [1.807, 2.05) is 24.3 Å². The number of amides is 1. The lowest BCUT2D eigenvalue weighted by Gasteiger charge is -2.11. The Balaban J connectivity index is 1.67. The predicted octanol–water partition coefficient (Wildman–Crippen LogP) is 3.19. The fourth-order valence-electron chi connectivity index (χ4n) is 3.00. The number of aromatic nitrogens is 4. The van der Waals surface area contributed by atoms with Crippen molar-refractivity contribution in [2.45, 2.75) is 6.54 Å². The van der Waals surface area contributed by atoms with Gasteiger partial charge in [0, 0.05) is 23.0 Å². The molecule has 8 heteroatoms. The first kappa shape index (κ1) is 18.1. The van der Waals surface area contributed by atoms with Crippen LogP contribution in [0.25, 0.3) is 10.8 Å². The lowest BCUT2D eigenvalue weighted by molar-refractivity contribution is 0.102. The van der Waals surface area contributed by atoms with Crippen molar-refractivity contribution in [1.82, 2.24) is 19.6 Å². The Labute approximate surface area is 168 Å². The minimum Gasteiger partial charge on any atom is -0.305 e. The van der Waals surface area contributed by atoms with E-state index in [9.17, 15) is 9.59 Å². The molecule has 0 aliphatic carbocycles. The monoisotopic (exact) mass is 437 g/mol. The standard InChI is InChI=1S/C20H16BrN5O2/c1-25-20(28)15-8-4-3-7-14(15)18(24-25)19(27)23-17-10-11-22-26(17)12-13-6-2-5-9-16(13)21/h2-11H,12H2,1H3,(H,23,27). The van der Waals surface area contributed by atoms with Gasteiger partial charge in [0.15, 0.2) is 5.69 Å². The summed E-state index contributed by atoms with van der Waals surface area (Å²) < 4.78 is 3.84. The molecule has 2 heterocycles. The molecule has 0 atom stereocenters. The summed E-state index contributed by atoms with van der Waals surface area (Å²) in [7, 11) is 1.53. The lowest BCUT2D eigenvalue weighted by Crippen LogP contribution is -2.26. The molecule has 1 amide bonds. The zero-order valence-electron chi connectivity index (χ0n) is 15.0. The first-order chi connectivity index (χ1) is 13.5. The molecule has 4 aromatic rings. The SMILES string of the molecule is Cn1nc(C(=O)Nc2ccnn2Cc2ccccc2Br)c2ccccc2c1=O. The number of anilines is 1. The fourth-order valence-corrected chi connectivity index (χ4v) is 3.41. The van der Waals surface area contributed by atoms with Gasteiger partial charge in [-0.15, -0.1) is 0 Å². The zero-order chi connectivity index (χ0) is 19.7. The quantitative estimate of drug-likeness (QED) is 0.531. The smallest absolute Gasteiger partial charge is 0.277 e. The number of nitrogens with zero attached hydrogens (tertiary/aromatic N) is 4. The van der Waals surface area contributed by atoms with Crippen molar-refractivity contribution in [3.63, 3.8) is 0 Å². The molecule has 0 saturated heterocycles. The first-order valence-electron chi connectivity index (χ1n) is 8.57. The van der Waals surface area contributed by atoms with Crippen LogP contribution >= 0.6 is 15.9 Å². The Morgan fingerprint density at radius 1 is 1.07 bits per heavy atom. The highest BCUT2D eigenvalue weighted by Gasteiger charge is 2.17. The van der Waals surface area contributed by atoms with E-state index in [1.165, 1.54) is 11.7 Å². The maximum Gasteiger partial charge on any atom is 0.277 e. The number of hydrogen-bond acceptors (Lipinski definition) is 4. The summed E-state index contributed by atoms with van der Waals surface area (Å²) in [5.41, 5.74) is 0.977. The molecule has 2 aromatic carbocycles. The molecule has 28 heavy (non-hydrogen) atoms. The number of carbonyl (C=O) groups is 1. The number of nitrogens with one attached hydrogen (secondary N) is 1. The number of hydrogen-bond donors (Lipinski definition) is 1. The Kier molecular flexibility index (Phi) is 4.79. The van der Waals surface area contributed by atoms with E-state index in [1.54, 1.807) is 41.2 Å². The van der Waals surface area contributed by atoms with Crippen molar-refractivity contribution in [3.05, 3.63) is 86.9 Å². The van der Waals surface area contributed by atoms with Crippen LogP contribution in [-0.2, 0) is 13.6 Å². The van der Waals surface area contributed by atoms with Crippen LogP contribution in [0.15, 0.2) is 70.1 Å². The largest absolute Gasteiger partial charge is 0.305 e. The summed E-state index contributed by atoms with van der Waals surface area (Å²) in [6, 6.07) is 16.5. The normalized spacial score (nSPS) is 10.9. The van der Waals surface area contributed by atoms with Crippen molar-refractivity contribution in [2.24, 2.45) is 7.05 Å². The zero-order valence-corrected chi connectivity index (χ0v) is 16.5. The fraction of sp³-hybridized carbons (Fsp3) is 0.100. The molecule has 4 rings (SSSR count). The second kappa shape index (κ2) is 7.40. The number of benzene rings is 2. The van der Waals surface area contributed by atoms with Crippen molar-refractivity contribution < 1.29 is 4.79 Å². The van der Waals surface area contributed by atoms with Gasteiger partial charge in [0.1, 0.15) is 5.82 Å². The summed E-state index contributed by atoms with van der Waals surface area (Å²) in [6.07, 6.45) is 1.62. The molecule has 2 aromatic heterocycles. The van der Waals surface area contributed by atoms with E-state index >= 15 is 0 Å². The summed E-state index contributed by atoms with van der Waals surface area (Å²) >= 11 is 3.53. The van der Waals surface area contributed by atoms with Crippen LogP contribution in [0.4, 0.5) is 5.82 Å². The van der Waals surface area contributed by atoms with Crippen LogP contribution in [0.5, 0.6) is 0 Å². The van der Waals surface area contributed by atoms with Gasteiger partial charge in [0.05, 0.1) is 18.1 Å².